The number of aliphatic hydroxyl groups is 1. The van der Waals surface area contributed by atoms with E-state index in [2.05, 4.69) is 0 Å². The Kier molecular flexibility index (Phi) is 4.72. The van der Waals surface area contributed by atoms with Crippen LogP contribution >= 0.6 is 0 Å². The molecule has 0 aliphatic rings. The van der Waals surface area contributed by atoms with E-state index in [0.29, 0.717) is 12.1 Å². The molecule has 0 amide bonds. The summed E-state index contributed by atoms with van der Waals surface area (Å²) in [5.41, 5.74) is 7.58. The zero-order valence-corrected chi connectivity index (χ0v) is 11.8. The van der Waals surface area contributed by atoms with Gasteiger partial charge in [0.25, 0.3) is 0 Å². The molecule has 0 aliphatic carbocycles. The van der Waals surface area contributed by atoms with Gasteiger partial charge in [-0.2, -0.15) is 4.31 Å². The molecular formula is C12H20N2O3S. The minimum Gasteiger partial charge on any atom is -0.398 e. The van der Waals surface area contributed by atoms with Gasteiger partial charge in [-0.25, -0.2) is 8.42 Å². The average Bonchev–Trinajstić information content (AvgIpc) is 2.30. The van der Waals surface area contributed by atoms with Crippen molar-refractivity contribution in [1.82, 2.24) is 4.31 Å². The molecule has 6 heteroatoms. The van der Waals surface area contributed by atoms with Crippen molar-refractivity contribution in [3.05, 3.63) is 23.3 Å². The lowest BCUT2D eigenvalue weighted by Crippen LogP contribution is -2.34. The number of likely N-dealkylation sites (N-methyl/N-ethyl adjacent to an activating group) is 1. The largest absolute Gasteiger partial charge is 0.398 e. The molecule has 0 saturated heterocycles. The smallest absolute Gasteiger partial charge is 0.245 e. The van der Waals surface area contributed by atoms with Crippen molar-refractivity contribution < 1.29 is 13.5 Å². The summed E-state index contributed by atoms with van der Waals surface area (Å²) in [4.78, 5) is 0.151. The van der Waals surface area contributed by atoms with E-state index in [1.807, 2.05) is 6.92 Å². The van der Waals surface area contributed by atoms with Crippen molar-refractivity contribution in [3.63, 3.8) is 0 Å². The first-order valence-electron chi connectivity index (χ1n) is 5.83. The Hall–Kier alpha value is -1.11. The van der Waals surface area contributed by atoms with E-state index in [4.69, 9.17) is 10.8 Å². The number of nitrogens with zero attached hydrogens (tertiary/aromatic N) is 1. The SMILES string of the molecule is CCN(CCO)S(=O)(=O)c1c(N)ccc(C)c1C. The summed E-state index contributed by atoms with van der Waals surface area (Å²) in [7, 11) is -3.65. The molecule has 0 aromatic heterocycles. The molecule has 18 heavy (non-hydrogen) atoms. The van der Waals surface area contributed by atoms with Gasteiger partial charge in [-0.05, 0) is 31.0 Å². The molecular weight excluding hydrogens is 252 g/mol. The standard InChI is InChI=1S/C12H20N2O3S/c1-4-14(7-8-15)18(16,17)12-10(3)9(2)5-6-11(12)13/h5-6,15H,4,7-8,13H2,1-3H3. The molecule has 5 nitrogen and oxygen atoms in total. The quantitative estimate of drug-likeness (QED) is 0.780. The molecule has 0 radical (unpaired) electrons. The number of benzene rings is 1. The highest BCUT2D eigenvalue weighted by Crippen LogP contribution is 2.28. The maximum absolute atomic E-state index is 12.5. The van der Waals surface area contributed by atoms with Crippen LogP contribution in [-0.2, 0) is 10.0 Å². The number of nitrogens with two attached hydrogens (primary N) is 1. The van der Waals surface area contributed by atoms with Gasteiger partial charge in [0.2, 0.25) is 10.0 Å². The molecule has 0 atom stereocenters. The number of hydrogen-bond acceptors (Lipinski definition) is 4. The first-order chi connectivity index (χ1) is 8.36. The van der Waals surface area contributed by atoms with Crippen molar-refractivity contribution in [2.75, 3.05) is 25.4 Å². The number of aryl methyl sites for hydroxylation is 1. The van der Waals surface area contributed by atoms with Crippen LogP contribution in [0.15, 0.2) is 17.0 Å². The van der Waals surface area contributed by atoms with Gasteiger partial charge in [0.1, 0.15) is 4.90 Å². The summed E-state index contributed by atoms with van der Waals surface area (Å²) in [6.45, 7) is 5.48. The number of nitrogen functional groups attached to an aromatic ring is 1. The molecule has 0 bridgehead atoms. The van der Waals surface area contributed by atoms with Crippen LogP contribution in [0.5, 0.6) is 0 Å². The topological polar surface area (TPSA) is 83.6 Å². The molecule has 0 unspecified atom stereocenters. The number of anilines is 1. The summed E-state index contributed by atoms with van der Waals surface area (Å²) < 4.78 is 26.2. The molecule has 1 rings (SSSR count). The summed E-state index contributed by atoms with van der Waals surface area (Å²) in [6, 6.07) is 3.40. The lowest BCUT2D eigenvalue weighted by molar-refractivity contribution is 0.257. The van der Waals surface area contributed by atoms with E-state index in [1.54, 1.807) is 26.0 Å². The van der Waals surface area contributed by atoms with Crippen LogP contribution in [0.1, 0.15) is 18.1 Å². The van der Waals surface area contributed by atoms with Crippen molar-refractivity contribution in [1.29, 1.82) is 0 Å². The second kappa shape index (κ2) is 5.69. The monoisotopic (exact) mass is 272 g/mol. The molecule has 102 valence electrons. The number of rotatable bonds is 5. The summed E-state index contributed by atoms with van der Waals surface area (Å²) >= 11 is 0. The van der Waals surface area contributed by atoms with E-state index >= 15 is 0 Å². The molecule has 0 saturated carbocycles. The Labute approximate surface area is 108 Å². The van der Waals surface area contributed by atoms with Crippen molar-refractivity contribution >= 4 is 15.7 Å². The van der Waals surface area contributed by atoms with Crippen LogP contribution in [-0.4, -0.2) is 37.5 Å². The van der Waals surface area contributed by atoms with Gasteiger partial charge in [-0.1, -0.05) is 13.0 Å². The van der Waals surface area contributed by atoms with Gasteiger partial charge < -0.3 is 10.8 Å². The highest BCUT2D eigenvalue weighted by Gasteiger charge is 2.27. The van der Waals surface area contributed by atoms with Gasteiger partial charge in [0.05, 0.1) is 12.3 Å². The van der Waals surface area contributed by atoms with Crippen molar-refractivity contribution in [2.24, 2.45) is 0 Å². The molecule has 0 heterocycles. The van der Waals surface area contributed by atoms with Gasteiger partial charge in [-0.3, -0.25) is 0 Å². The van der Waals surface area contributed by atoms with E-state index < -0.39 is 10.0 Å². The van der Waals surface area contributed by atoms with E-state index in [1.165, 1.54) is 4.31 Å². The van der Waals surface area contributed by atoms with Crippen LogP contribution in [0.4, 0.5) is 5.69 Å². The normalized spacial score (nSPS) is 12.1. The maximum Gasteiger partial charge on any atom is 0.245 e. The average molecular weight is 272 g/mol. The number of sulfonamides is 1. The summed E-state index contributed by atoms with van der Waals surface area (Å²) in [5.74, 6) is 0. The summed E-state index contributed by atoms with van der Waals surface area (Å²) in [6.07, 6.45) is 0. The van der Waals surface area contributed by atoms with Gasteiger partial charge in [0, 0.05) is 13.1 Å². The third kappa shape index (κ3) is 2.66. The van der Waals surface area contributed by atoms with Gasteiger partial charge in [-0.15, -0.1) is 0 Å². The molecule has 0 spiro atoms. The fourth-order valence-corrected chi connectivity index (χ4v) is 3.68. The first-order valence-corrected chi connectivity index (χ1v) is 7.27. The third-order valence-corrected chi connectivity index (χ3v) is 5.19. The second-order valence-electron chi connectivity index (χ2n) is 4.15. The Morgan fingerprint density at radius 1 is 1.33 bits per heavy atom. The molecule has 0 fully saturated rings. The number of aliphatic hydroxyl groups excluding tert-OH is 1. The van der Waals surface area contributed by atoms with E-state index in [9.17, 15) is 8.42 Å². The van der Waals surface area contributed by atoms with Crippen LogP contribution in [0.25, 0.3) is 0 Å². The Bertz CT molecular complexity index is 526. The molecule has 0 aliphatic heterocycles. The minimum atomic E-state index is -3.65. The van der Waals surface area contributed by atoms with Crippen molar-refractivity contribution in [2.45, 2.75) is 25.7 Å². The predicted octanol–water partition coefficient (Wildman–Crippen LogP) is 0.889. The van der Waals surface area contributed by atoms with Crippen LogP contribution < -0.4 is 5.73 Å². The molecule has 1 aromatic rings. The first kappa shape index (κ1) is 14.9. The zero-order valence-electron chi connectivity index (χ0n) is 11.0. The highest BCUT2D eigenvalue weighted by atomic mass is 32.2. The van der Waals surface area contributed by atoms with Crippen LogP contribution in [0.3, 0.4) is 0 Å². The van der Waals surface area contributed by atoms with Gasteiger partial charge >= 0.3 is 0 Å². The fraction of sp³-hybridized carbons (Fsp3) is 0.500. The maximum atomic E-state index is 12.5. The van der Waals surface area contributed by atoms with Crippen LogP contribution in [0, 0.1) is 13.8 Å². The number of hydrogen-bond donors (Lipinski definition) is 2. The Morgan fingerprint density at radius 3 is 2.44 bits per heavy atom. The van der Waals surface area contributed by atoms with E-state index in [-0.39, 0.29) is 23.7 Å². The Balaban J connectivity index is 3.40. The zero-order chi connectivity index (χ0) is 13.9. The minimum absolute atomic E-state index is 0.0751. The lowest BCUT2D eigenvalue weighted by atomic mass is 10.1. The van der Waals surface area contributed by atoms with Crippen LogP contribution in [0.2, 0.25) is 0 Å². The lowest BCUT2D eigenvalue weighted by Gasteiger charge is -2.22. The molecule has 3 N–H and O–H groups in total. The summed E-state index contributed by atoms with van der Waals surface area (Å²) in [5, 5.41) is 8.93. The van der Waals surface area contributed by atoms with Gasteiger partial charge in [0.15, 0.2) is 0 Å². The second-order valence-corrected chi connectivity index (χ2v) is 6.02. The highest BCUT2D eigenvalue weighted by molar-refractivity contribution is 7.89. The fourth-order valence-electron chi connectivity index (χ4n) is 1.84. The molecule has 1 aromatic carbocycles. The van der Waals surface area contributed by atoms with Crippen molar-refractivity contribution in [3.8, 4) is 0 Å². The Morgan fingerprint density at radius 2 is 1.94 bits per heavy atom. The van der Waals surface area contributed by atoms with E-state index in [0.717, 1.165) is 5.56 Å². The predicted molar refractivity (Wildman–Crippen MR) is 71.8 cm³/mol. The third-order valence-electron chi connectivity index (χ3n) is 3.01.